The van der Waals surface area contributed by atoms with Crippen LogP contribution in [0.5, 0.6) is 0 Å². The number of rotatable bonds is 4. The van der Waals surface area contributed by atoms with Crippen LogP contribution in [0.1, 0.15) is 36.2 Å². The lowest BCUT2D eigenvalue weighted by Gasteiger charge is -2.26. The van der Waals surface area contributed by atoms with E-state index in [9.17, 15) is 4.79 Å². The molecule has 1 aromatic rings. The lowest BCUT2D eigenvalue weighted by Crippen LogP contribution is -2.40. The molecule has 1 atom stereocenters. The van der Waals surface area contributed by atoms with Crippen LogP contribution in [0.15, 0.2) is 24.3 Å². The Labute approximate surface area is 115 Å². The minimum atomic E-state index is 0.124. The minimum Gasteiger partial charge on any atom is -0.378 e. The van der Waals surface area contributed by atoms with Crippen molar-refractivity contribution in [2.45, 2.75) is 26.7 Å². The van der Waals surface area contributed by atoms with Gasteiger partial charge in [-0.2, -0.15) is 0 Å². The third-order valence-electron chi connectivity index (χ3n) is 3.78. The predicted octanol–water partition coefficient (Wildman–Crippen LogP) is 2.75. The third kappa shape index (κ3) is 3.80. The summed E-state index contributed by atoms with van der Waals surface area (Å²) in [6.07, 6.45) is 2.27. The van der Waals surface area contributed by atoms with Crippen LogP contribution in [0.4, 0.5) is 0 Å². The Morgan fingerprint density at radius 3 is 2.47 bits per heavy atom. The van der Waals surface area contributed by atoms with E-state index >= 15 is 0 Å². The number of carbonyl (C=O) groups excluding carboxylic acids is 1. The van der Waals surface area contributed by atoms with Crippen molar-refractivity contribution >= 4 is 5.91 Å². The summed E-state index contributed by atoms with van der Waals surface area (Å²) in [5.41, 5.74) is 2.10. The first-order valence-electron chi connectivity index (χ1n) is 7.16. The van der Waals surface area contributed by atoms with Gasteiger partial charge in [0.1, 0.15) is 0 Å². The van der Waals surface area contributed by atoms with Crippen molar-refractivity contribution in [3.63, 3.8) is 0 Å². The summed E-state index contributed by atoms with van der Waals surface area (Å²) in [4.78, 5) is 14.1. The van der Waals surface area contributed by atoms with E-state index in [1.54, 1.807) is 0 Å². The van der Waals surface area contributed by atoms with E-state index < -0.39 is 0 Å². The number of hydrogen-bond acceptors (Lipinski definition) is 2. The smallest absolute Gasteiger partial charge is 0.254 e. The SMILES string of the molecule is CCC(C)Cc1ccc(C(=O)N2CCOCC2)cc1. The van der Waals surface area contributed by atoms with Crippen LogP contribution in [0.2, 0.25) is 0 Å². The van der Waals surface area contributed by atoms with E-state index in [0.717, 1.165) is 12.0 Å². The van der Waals surface area contributed by atoms with Crippen molar-refractivity contribution in [2.24, 2.45) is 5.92 Å². The van der Waals surface area contributed by atoms with Gasteiger partial charge < -0.3 is 9.64 Å². The van der Waals surface area contributed by atoms with Gasteiger partial charge >= 0.3 is 0 Å². The first kappa shape index (κ1) is 14.1. The quantitative estimate of drug-likeness (QED) is 0.834. The molecule has 0 N–H and O–H groups in total. The third-order valence-corrected chi connectivity index (χ3v) is 3.78. The van der Waals surface area contributed by atoms with Crippen molar-refractivity contribution in [3.05, 3.63) is 35.4 Å². The van der Waals surface area contributed by atoms with Gasteiger partial charge in [0.15, 0.2) is 0 Å². The minimum absolute atomic E-state index is 0.124. The first-order chi connectivity index (χ1) is 9.20. The highest BCUT2D eigenvalue weighted by Crippen LogP contribution is 2.14. The molecule has 19 heavy (non-hydrogen) atoms. The normalized spacial score (nSPS) is 17.3. The molecule has 104 valence electrons. The Morgan fingerprint density at radius 2 is 1.89 bits per heavy atom. The zero-order chi connectivity index (χ0) is 13.7. The number of ether oxygens (including phenoxy) is 1. The number of amides is 1. The second-order valence-corrected chi connectivity index (χ2v) is 5.32. The predicted molar refractivity (Wildman–Crippen MR) is 76.3 cm³/mol. The molecule has 0 radical (unpaired) electrons. The summed E-state index contributed by atoms with van der Waals surface area (Å²) in [7, 11) is 0. The van der Waals surface area contributed by atoms with E-state index in [0.29, 0.717) is 32.2 Å². The number of benzene rings is 1. The molecule has 3 heteroatoms. The molecule has 0 spiro atoms. The van der Waals surface area contributed by atoms with Gasteiger partial charge in [0, 0.05) is 18.7 Å². The van der Waals surface area contributed by atoms with Gasteiger partial charge in [0.2, 0.25) is 0 Å². The van der Waals surface area contributed by atoms with Gasteiger partial charge in [-0.15, -0.1) is 0 Å². The second kappa shape index (κ2) is 6.71. The van der Waals surface area contributed by atoms with Gasteiger partial charge in [0.25, 0.3) is 5.91 Å². The molecule has 1 heterocycles. The topological polar surface area (TPSA) is 29.5 Å². The van der Waals surface area contributed by atoms with Gasteiger partial charge in [-0.1, -0.05) is 32.4 Å². The fraction of sp³-hybridized carbons (Fsp3) is 0.562. The number of hydrogen-bond donors (Lipinski definition) is 0. The van der Waals surface area contributed by atoms with Crippen molar-refractivity contribution in [2.75, 3.05) is 26.3 Å². The standard InChI is InChI=1S/C16H23NO2/c1-3-13(2)12-14-4-6-15(7-5-14)16(18)17-8-10-19-11-9-17/h4-7,13H,3,8-12H2,1-2H3. The fourth-order valence-electron chi connectivity index (χ4n) is 2.28. The van der Waals surface area contributed by atoms with Crippen molar-refractivity contribution in [1.82, 2.24) is 4.90 Å². The highest BCUT2D eigenvalue weighted by Gasteiger charge is 2.18. The van der Waals surface area contributed by atoms with E-state index in [-0.39, 0.29) is 5.91 Å². The molecule has 1 fully saturated rings. The molecular formula is C16H23NO2. The highest BCUT2D eigenvalue weighted by molar-refractivity contribution is 5.94. The molecule has 0 aromatic heterocycles. The maximum Gasteiger partial charge on any atom is 0.254 e. The average Bonchev–Trinajstić information content (AvgIpc) is 2.48. The number of morpholine rings is 1. The summed E-state index contributed by atoms with van der Waals surface area (Å²) >= 11 is 0. The Morgan fingerprint density at radius 1 is 1.26 bits per heavy atom. The van der Waals surface area contributed by atoms with Gasteiger partial charge in [-0.25, -0.2) is 0 Å². The lowest BCUT2D eigenvalue weighted by atomic mass is 9.98. The number of nitrogens with zero attached hydrogens (tertiary/aromatic N) is 1. The molecular weight excluding hydrogens is 238 g/mol. The monoisotopic (exact) mass is 261 g/mol. The fourth-order valence-corrected chi connectivity index (χ4v) is 2.28. The van der Waals surface area contributed by atoms with Crippen LogP contribution in [0.25, 0.3) is 0 Å². The van der Waals surface area contributed by atoms with Gasteiger partial charge in [-0.05, 0) is 30.0 Å². The van der Waals surface area contributed by atoms with Crippen LogP contribution >= 0.6 is 0 Å². The molecule has 1 saturated heterocycles. The lowest BCUT2D eigenvalue weighted by molar-refractivity contribution is 0.0303. The zero-order valence-corrected chi connectivity index (χ0v) is 11.9. The van der Waals surface area contributed by atoms with E-state index in [1.165, 1.54) is 12.0 Å². The van der Waals surface area contributed by atoms with Gasteiger partial charge in [0.05, 0.1) is 13.2 Å². The van der Waals surface area contributed by atoms with E-state index in [4.69, 9.17) is 4.74 Å². The molecule has 1 aliphatic rings. The Bertz CT molecular complexity index is 407. The van der Waals surface area contributed by atoms with E-state index in [1.807, 2.05) is 17.0 Å². The molecule has 2 rings (SSSR count). The maximum absolute atomic E-state index is 12.3. The summed E-state index contributed by atoms with van der Waals surface area (Å²) in [5, 5.41) is 0. The van der Waals surface area contributed by atoms with E-state index in [2.05, 4.69) is 26.0 Å². The summed E-state index contributed by atoms with van der Waals surface area (Å²) < 4.78 is 5.27. The molecule has 0 saturated carbocycles. The van der Waals surface area contributed by atoms with Crippen LogP contribution < -0.4 is 0 Å². The molecule has 0 bridgehead atoms. The second-order valence-electron chi connectivity index (χ2n) is 5.32. The average molecular weight is 261 g/mol. The summed E-state index contributed by atoms with van der Waals surface area (Å²) in [6, 6.07) is 8.07. The first-order valence-corrected chi connectivity index (χ1v) is 7.16. The van der Waals surface area contributed by atoms with Crippen LogP contribution in [-0.2, 0) is 11.2 Å². The van der Waals surface area contributed by atoms with Crippen LogP contribution in [0, 0.1) is 5.92 Å². The largest absolute Gasteiger partial charge is 0.378 e. The zero-order valence-electron chi connectivity index (χ0n) is 11.9. The molecule has 1 amide bonds. The number of carbonyl (C=O) groups is 1. The Balaban J connectivity index is 1.99. The summed E-state index contributed by atoms with van der Waals surface area (Å²) in [5.74, 6) is 0.819. The Hall–Kier alpha value is -1.35. The molecule has 0 aliphatic carbocycles. The highest BCUT2D eigenvalue weighted by atomic mass is 16.5. The van der Waals surface area contributed by atoms with Crippen molar-refractivity contribution in [1.29, 1.82) is 0 Å². The molecule has 1 aromatic carbocycles. The van der Waals surface area contributed by atoms with Crippen molar-refractivity contribution < 1.29 is 9.53 Å². The Kier molecular flexibility index (Phi) is 4.97. The van der Waals surface area contributed by atoms with Crippen LogP contribution in [0.3, 0.4) is 0 Å². The van der Waals surface area contributed by atoms with Crippen molar-refractivity contribution in [3.8, 4) is 0 Å². The maximum atomic E-state index is 12.3. The van der Waals surface area contributed by atoms with Gasteiger partial charge in [-0.3, -0.25) is 4.79 Å². The van der Waals surface area contributed by atoms with Crippen LogP contribution in [-0.4, -0.2) is 37.1 Å². The molecule has 1 aliphatic heterocycles. The molecule has 3 nitrogen and oxygen atoms in total. The molecule has 1 unspecified atom stereocenters. The summed E-state index contributed by atoms with van der Waals surface area (Å²) in [6.45, 7) is 7.17.